The Morgan fingerprint density at radius 3 is 2.29 bits per heavy atom. The Balaban J connectivity index is 3.18. The van der Waals surface area contributed by atoms with E-state index >= 15 is 0 Å². The van der Waals surface area contributed by atoms with Gasteiger partial charge < -0.3 is 9.47 Å². The predicted molar refractivity (Wildman–Crippen MR) is 113 cm³/mol. The summed E-state index contributed by atoms with van der Waals surface area (Å²) in [4.78, 5) is 25.2. The van der Waals surface area contributed by atoms with E-state index in [0.29, 0.717) is 11.3 Å². The van der Waals surface area contributed by atoms with Crippen molar-refractivity contribution in [3.8, 4) is 5.75 Å². The largest absolute Gasteiger partial charge is 0.423 e. The number of hydrogen-bond donors (Lipinski definition) is 0. The minimum absolute atomic E-state index is 0.101. The lowest BCUT2D eigenvalue weighted by molar-refractivity contribution is -0.135. The van der Waals surface area contributed by atoms with Crippen LogP contribution < -0.4 is 4.74 Å². The van der Waals surface area contributed by atoms with Gasteiger partial charge in [-0.05, 0) is 51.5 Å². The zero-order chi connectivity index (χ0) is 20.9. The van der Waals surface area contributed by atoms with Gasteiger partial charge in [-0.1, -0.05) is 61.2 Å². The van der Waals surface area contributed by atoms with E-state index in [-0.39, 0.29) is 11.3 Å². The highest BCUT2D eigenvalue weighted by Gasteiger charge is 2.21. The molecule has 28 heavy (non-hydrogen) atoms. The molecule has 1 rings (SSSR count). The van der Waals surface area contributed by atoms with E-state index in [2.05, 4.69) is 6.58 Å². The number of carbonyl (C=O) groups excluding carboxylic acids is 2. The molecule has 0 unspecified atom stereocenters. The van der Waals surface area contributed by atoms with E-state index in [1.807, 2.05) is 26.0 Å². The molecule has 0 saturated heterocycles. The number of allylic oxidation sites excluding steroid dienone is 7. The maximum atomic E-state index is 12.7. The van der Waals surface area contributed by atoms with Crippen LogP contribution in [-0.4, -0.2) is 11.9 Å². The van der Waals surface area contributed by atoms with Crippen LogP contribution in [0.1, 0.15) is 26.3 Å². The highest BCUT2D eigenvalue weighted by atomic mass is 16.6. The van der Waals surface area contributed by atoms with Gasteiger partial charge in [0.25, 0.3) is 0 Å². The van der Waals surface area contributed by atoms with Crippen molar-refractivity contribution < 1.29 is 19.1 Å². The number of benzene rings is 1. The topological polar surface area (TPSA) is 52.6 Å². The average Bonchev–Trinajstić information content (AvgIpc) is 2.68. The smallest absolute Gasteiger partial charge is 0.347 e. The number of para-hydroxylation sites is 1. The quantitative estimate of drug-likeness (QED) is 0.196. The summed E-state index contributed by atoms with van der Waals surface area (Å²) >= 11 is 0. The monoisotopic (exact) mass is 378 g/mol. The van der Waals surface area contributed by atoms with Crippen LogP contribution in [0.2, 0.25) is 0 Å². The summed E-state index contributed by atoms with van der Waals surface area (Å²) < 4.78 is 11.0. The third kappa shape index (κ3) is 6.72. The molecule has 0 heterocycles. The summed E-state index contributed by atoms with van der Waals surface area (Å²) in [7, 11) is 0. The van der Waals surface area contributed by atoms with E-state index in [4.69, 9.17) is 9.47 Å². The van der Waals surface area contributed by atoms with Gasteiger partial charge in [0, 0.05) is 0 Å². The lowest BCUT2D eigenvalue weighted by atomic mass is 10.1. The number of rotatable bonds is 8. The Labute approximate surface area is 166 Å². The Hall–Kier alpha value is -3.40. The van der Waals surface area contributed by atoms with Gasteiger partial charge >= 0.3 is 11.9 Å². The van der Waals surface area contributed by atoms with Gasteiger partial charge in [0.2, 0.25) is 0 Å². The molecule has 4 nitrogen and oxygen atoms in total. The first-order chi connectivity index (χ1) is 13.5. The Morgan fingerprint density at radius 1 is 1.00 bits per heavy atom. The van der Waals surface area contributed by atoms with Gasteiger partial charge in [0.1, 0.15) is 11.5 Å². The molecule has 0 bridgehead atoms. The van der Waals surface area contributed by atoms with Gasteiger partial charge in [0.15, 0.2) is 0 Å². The predicted octanol–water partition coefficient (Wildman–Crippen LogP) is 5.54. The lowest BCUT2D eigenvalue weighted by Gasteiger charge is -2.13. The molecule has 0 aliphatic rings. The maximum Gasteiger partial charge on any atom is 0.347 e. The molecular formula is C24H26O4. The molecule has 1 aromatic rings. The third-order valence-corrected chi connectivity index (χ3v) is 3.59. The molecule has 0 aliphatic heterocycles. The Bertz CT molecular complexity index is 864. The second-order valence-electron chi connectivity index (χ2n) is 5.66. The first-order valence-electron chi connectivity index (χ1n) is 8.93. The van der Waals surface area contributed by atoms with E-state index in [1.54, 1.807) is 62.4 Å². The van der Waals surface area contributed by atoms with Crippen molar-refractivity contribution in [3.05, 3.63) is 102 Å². The highest BCUT2D eigenvalue weighted by Crippen LogP contribution is 2.21. The summed E-state index contributed by atoms with van der Waals surface area (Å²) in [5, 5.41) is 0. The Kier molecular flexibility index (Phi) is 9.76. The SMILES string of the molecule is C=C/C=C(\C=CC)C(=O)OC(=C/C=C\C)/C(=C\C)C(=O)Oc1ccccc1C. The molecule has 1 aromatic carbocycles. The van der Waals surface area contributed by atoms with Gasteiger partial charge in [-0.2, -0.15) is 0 Å². The Morgan fingerprint density at radius 2 is 1.71 bits per heavy atom. The average molecular weight is 378 g/mol. The molecule has 0 radical (unpaired) electrons. The normalized spacial score (nSPS) is 13.1. The van der Waals surface area contributed by atoms with Crippen molar-refractivity contribution in [2.45, 2.75) is 27.7 Å². The van der Waals surface area contributed by atoms with Crippen LogP contribution in [0.3, 0.4) is 0 Å². The fraction of sp³-hybridized carbons (Fsp3) is 0.167. The molecule has 0 fully saturated rings. The van der Waals surface area contributed by atoms with Crippen LogP contribution in [-0.2, 0) is 14.3 Å². The molecule has 0 saturated carbocycles. The maximum absolute atomic E-state index is 12.7. The van der Waals surface area contributed by atoms with Crippen molar-refractivity contribution in [3.63, 3.8) is 0 Å². The molecule has 0 aromatic heterocycles. The summed E-state index contributed by atoms with van der Waals surface area (Å²) in [6.45, 7) is 10.7. The van der Waals surface area contributed by atoms with Crippen molar-refractivity contribution >= 4 is 11.9 Å². The summed E-state index contributed by atoms with van der Waals surface area (Å²) in [6, 6.07) is 7.19. The van der Waals surface area contributed by atoms with Crippen LogP contribution in [0.4, 0.5) is 0 Å². The fourth-order valence-electron chi connectivity index (χ4n) is 2.21. The van der Waals surface area contributed by atoms with Crippen LogP contribution in [0.5, 0.6) is 5.75 Å². The van der Waals surface area contributed by atoms with E-state index in [9.17, 15) is 9.59 Å². The summed E-state index contributed by atoms with van der Waals surface area (Å²) in [6.07, 6.45) is 12.9. The number of esters is 2. The number of aryl methyl sites for hydroxylation is 1. The molecular weight excluding hydrogens is 352 g/mol. The van der Waals surface area contributed by atoms with Crippen molar-refractivity contribution in [2.75, 3.05) is 0 Å². The first kappa shape index (κ1) is 22.6. The minimum Gasteiger partial charge on any atom is -0.423 e. The van der Waals surface area contributed by atoms with Crippen LogP contribution in [0.25, 0.3) is 0 Å². The molecule has 0 spiro atoms. The molecule has 0 aliphatic carbocycles. The zero-order valence-electron chi connectivity index (χ0n) is 16.8. The van der Waals surface area contributed by atoms with Gasteiger partial charge in [-0.3, -0.25) is 0 Å². The number of hydrogen-bond acceptors (Lipinski definition) is 4. The second-order valence-corrected chi connectivity index (χ2v) is 5.66. The van der Waals surface area contributed by atoms with Crippen molar-refractivity contribution in [1.82, 2.24) is 0 Å². The molecule has 4 heteroatoms. The third-order valence-electron chi connectivity index (χ3n) is 3.59. The lowest BCUT2D eigenvalue weighted by Crippen LogP contribution is -2.17. The standard InChI is InChI=1S/C24H26O4/c1-6-10-16-22(28-23(25)19(13-7-2)14-8-3)20(9-4)24(26)27-21-17-12-11-15-18(21)5/h6-17H,2H2,1,3-5H3/b10-6-,14-8?,19-13+,20-9+,22-16+. The second kappa shape index (κ2) is 12.1. The summed E-state index contributed by atoms with van der Waals surface area (Å²) in [5.74, 6) is -0.661. The van der Waals surface area contributed by atoms with Crippen LogP contribution in [0.15, 0.2) is 96.4 Å². The molecule has 0 amide bonds. The van der Waals surface area contributed by atoms with Gasteiger partial charge in [0.05, 0.1) is 11.1 Å². The number of ether oxygens (including phenoxy) is 2. The van der Waals surface area contributed by atoms with E-state index in [1.165, 1.54) is 12.2 Å². The minimum atomic E-state index is -0.611. The van der Waals surface area contributed by atoms with Gasteiger partial charge in [-0.25, -0.2) is 9.59 Å². The fourth-order valence-corrected chi connectivity index (χ4v) is 2.21. The zero-order valence-corrected chi connectivity index (χ0v) is 16.8. The molecule has 0 atom stereocenters. The number of carbonyl (C=O) groups is 2. The van der Waals surface area contributed by atoms with Crippen LogP contribution >= 0.6 is 0 Å². The van der Waals surface area contributed by atoms with E-state index < -0.39 is 11.9 Å². The van der Waals surface area contributed by atoms with Gasteiger partial charge in [-0.15, -0.1) is 0 Å². The first-order valence-corrected chi connectivity index (χ1v) is 8.93. The van der Waals surface area contributed by atoms with Crippen molar-refractivity contribution in [2.24, 2.45) is 0 Å². The summed E-state index contributed by atoms with van der Waals surface area (Å²) in [5.41, 5.74) is 1.28. The molecule has 146 valence electrons. The highest BCUT2D eigenvalue weighted by molar-refractivity contribution is 5.97. The van der Waals surface area contributed by atoms with Crippen molar-refractivity contribution in [1.29, 1.82) is 0 Å². The molecule has 0 N–H and O–H groups in total. The van der Waals surface area contributed by atoms with E-state index in [0.717, 1.165) is 5.56 Å². The van der Waals surface area contributed by atoms with Crippen LogP contribution in [0, 0.1) is 6.92 Å².